The summed E-state index contributed by atoms with van der Waals surface area (Å²) in [5.41, 5.74) is 2.74. The Balaban J connectivity index is 2.21. The first-order valence-corrected chi connectivity index (χ1v) is 7.57. The molecule has 0 heterocycles. The predicted octanol–water partition coefficient (Wildman–Crippen LogP) is 5.21. The van der Waals surface area contributed by atoms with Gasteiger partial charge in [-0.25, -0.2) is 0 Å². The maximum Gasteiger partial charge on any atom is 0.255 e. The van der Waals surface area contributed by atoms with Crippen LogP contribution in [0, 0.1) is 0 Å². The van der Waals surface area contributed by atoms with Crippen LogP contribution in [-0.2, 0) is 0 Å². The molecule has 2 aromatic carbocycles. The normalized spacial score (nSPS) is 11.9. The molecule has 3 heteroatoms. The van der Waals surface area contributed by atoms with Gasteiger partial charge in [0.2, 0.25) is 0 Å². The number of benzene rings is 2. The van der Waals surface area contributed by atoms with Gasteiger partial charge >= 0.3 is 0 Å². The van der Waals surface area contributed by atoms with E-state index in [1.165, 1.54) is 5.56 Å². The number of amides is 1. The van der Waals surface area contributed by atoms with E-state index in [1.54, 1.807) is 0 Å². The Bertz CT molecular complexity index is 592. The van der Waals surface area contributed by atoms with E-state index < -0.39 is 0 Å². The highest BCUT2D eigenvalue weighted by Crippen LogP contribution is 2.26. The average Bonchev–Trinajstić information content (AvgIpc) is 2.47. The summed E-state index contributed by atoms with van der Waals surface area (Å²) in [6.07, 6.45) is 1.05. The highest BCUT2D eigenvalue weighted by molar-refractivity contribution is 9.10. The average molecular weight is 332 g/mol. The Kier molecular flexibility index (Phi) is 4.96. The molecule has 0 spiro atoms. The molecule has 0 aliphatic carbocycles. The number of hydrogen-bond donors (Lipinski definition) is 1. The Hall–Kier alpha value is -1.61. The van der Waals surface area contributed by atoms with Crippen molar-refractivity contribution in [3.63, 3.8) is 0 Å². The monoisotopic (exact) mass is 331 g/mol. The fourth-order valence-corrected chi connectivity index (χ4v) is 2.32. The molecule has 0 aromatic heterocycles. The van der Waals surface area contributed by atoms with Gasteiger partial charge in [-0.05, 0) is 48.2 Å². The zero-order valence-corrected chi connectivity index (χ0v) is 13.3. The van der Waals surface area contributed by atoms with Crippen molar-refractivity contribution in [2.75, 3.05) is 5.32 Å². The lowest BCUT2D eigenvalue weighted by molar-refractivity contribution is 0.102. The van der Waals surface area contributed by atoms with Crippen molar-refractivity contribution in [1.29, 1.82) is 0 Å². The molecule has 20 heavy (non-hydrogen) atoms. The minimum atomic E-state index is -0.0757. The summed E-state index contributed by atoms with van der Waals surface area (Å²) in [5.74, 6) is 0.352. The number of hydrogen-bond acceptors (Lipinski definition) is 1. The number of carbonyl (C=O) groups excluding carboxylic acids is 1. The molecule has 0 saturated carbocycles. The summed E-state index contributed by atoms with van der Waals surface area (Å²) in [6.45, 7) is 4.32. The van der Waals surface area contributed by atoms with Crippen LogP contribution in [0.25, 0.3) is 0 Å². The smallest absolute Gasteiger partial charge is 0.255 e. The van der Waals surface area contributed by atoms with Crippen LogP contribution in [-0.4, -0.2) is 5.91 Å². The largest absolute Gasteiger partial charge is 0.322 e. The van der Waals surface area contributed by atoms with Crippen molar-refractivity contribution >= 4 is 27.5 Å². The van der Waals surface area contributed by atoms with Crippen LogP contribution < -0.4 is 5.32 Å². The Morgan fingerprint density at radius 1 is 1.15 bits per heavy atom. The minimum Gasteiger partial charge on any atom is -0.322 e. The van der Waals surface area contributed by atoms with Crippen molar-refractivity contribution in [1.82, 2.24) is 0 Å². The van der Waals surface area contributed by atoms with E-state index in [9.17, 15) is 4.79 Å². The van der Waals surface area contributed by atoms with Gasteiger partial charge in [0.05, 0.1) is 0 Å². The highest BCUT2D eigenvalue weighted by atomic mass is 79.9. The summed E-state index contributed by atoms with van der Waals surface area (Å²) in [5, 5.41) is 3.01. The zero-order chi connectivity index (χ0) is 14.5. The fourth-order valence-electron chi connectivity index (χ4n) is 2.06. The zero-order valence-electron chi connectivity index (χ0n) is 11.7. The minimum absolute atomic E-state index is 0.0757. The summed E-state index contributed by atoms with van der Waals surface area (Å²) >= 11 is 3.37. The van der Waals surface area contributed by atoms with E-state index in [4.69, 9.17) is 0 Å². The number of halogens is 1. The molecule has 1 N–H and O–H groups in total. The molecular formula is C17H18BrNO. The Labute approximate surface area is 128 Å². The van der Waals surface area contributed by atoms with Gasteiger partial charge in [-0.3, -0.25) is 4.79 Å². The molecule has 0 aliphatic rings. The first-order chi connectivity index (χ1) is 9.61. The summed E-state index contributed by atoms with van der Waals surface area (Å²) in [7, 11) is 0. The molecule has 1 unspecified atom stereocenters. The molecule has 1 amide bonds. The molecule has 2 aromatic rings. The maximum atomic E-state index is 12.3. The van der Waals surface area contributed by atoms with Gasteiger partial charge in [0, 0.05) is 15.7 Å². The maximum absolute atomic E-state index is 12.3. The molecule has 2 nitrogen and oxygen atoms in total. The lowest BCUT2D eigenvalue weighted by atomic mass is 9.97. The second-order valence-electron chi connectivity index (χ2n) is 4.86. The van der Waals surface area contributed by atoms with Crippen LogP contribution in [0.1, 0.15) is 42.1 Å². The first kappa shape index (κ1) is 14.8. The van der Waals surface area contributed by atoms with Crippen molar-refractivity contribution in [2.24, 2.45) is 0 Å². The topological polar surface area (TPSA) is 29.1 Å². The van der Waals surface area contributed by atoms with Gasteiger partial charge in [0.25, 0.3) is 5.91 Å². The van der Waals surface area contributed by atoms with E-state index in [-0.39, 0.29) is 5.91 Å². The number of para-hydroxylation sites is 1. The Morgan fingerprint density at radius 2 is 1.80 bits per heavy atom. The highest BCUT2D eigenvalue weighted by Gasteiger charge is 2.12. The first-order valence-electron chi connectivity index (χ1n) is 6.77. The van der Waals surface area contributed by atoms with Crippen LogP contribution in [0.5, 0.6) is 0 Å². The van der Waals surface area contributed by atoms with Crippen LogP contribution in [0.2, 0.25) is 0 Å². The SMILES string of the molecule is CCC(C)c1ccccc1NC(=O)c1ccc(Br)cc1. The van der Waals surface area contributed by atoms with Gasteiger partial charge in [0.15, 0.2) is 0 Å². The number of anilines is 1. The molecule has 0 saturated heterocycles. The van der Waals surface area contributed by atoms with E-state index in [1.807, 2.05) is 42.5 Å². The summed E-state index contributed by atoms with van der Waals surface area (Å²) < 4.78 is 0.967. The standard InChI is InChI=1S/C17H18BrNO/c1-3-12(2)15-6-4-5-7-16(15)19-17(20)13-8-10-14(18)11-9-13/h4-12H,3H2,1-2H3,(H,19,20). The number of carbonyl (C=O) groups is 1. The van der Waals surface area contributed by atoms with Gasteiger partial charge in [-0.15, -0.1) is 0 Å². The second kappa shape index (κ2) is 6.71. The van der Waals surface area contributed by atoms with E-state index in [0.717, 1.165) is 16.6 Å². The third kappa shape index (κ3) is 3.48. The van der Waals surface area contributed by atoms with Crippen molar-refractivity contribution in [3.05, 3.63) is 64.1 Å². The molecule has 2 rings (SSSR count). The Morgan fingerprint density at radius 3 is 2.45 bits per heavy atom. The quantitative estimate of drug-likeness (QED) is 0.818. The number of rotatable bonds is 4. The van der Waals surface area contributed by atoms with Gasteiger partial charge < -0.3 is 5.32 Å². The second-order valence-corrected chi connectivity index (χ2v) is 5.77. The van der Waals surface area contributed by atoms with Crippen molar-refractivity contribution in [2.45, 2.75) is 26.2 Å². The predicted molar refractivity (Wildman–Crippen MR) is 87.2 cm³/mol. The van der Waals surface area contributed by atoms with Crippen molar-refractivity contribution < 1.29 is 4.79 Å². The molecule has 0 aliphatic heterocycles. The van der Waals surface area contributed by atoms with E-state index in [2.05, 4.69) is 41.2 Å². The lowest BCUT2D eigenvalue weighted by Gasteiger charge is -2.15. The van der Waals surface area contributed by atoms with Crippen LogP contribution in [0.3, 0.4) is 0 Å². The fraction of sp³-hybridized carbons (Fsp3) is 0.235. The molecule has 0 fully saturated rings. The number of nitrogens with one attached hydrogen (secondary N) is 1. The van der Waals surface area contributed by atoms with Crippen LogP contribution in [0.15, 0.2) is 53.0 Å². The molecule has 0 bridgehead atoms. The third-order valence-electron chi connectivity index (χ3n) is 3.46. The van der Waals surface area contributed by atoms with Crippen molar-refractivity contribution in [3.8, 4) is 0 Å². The summed E-state index contributed by atoms with van der Waals surface area (Å²) in [4.78, 5) is 12.3. The van der Waals surface area contributed by atoms with Gasteiger partial charge in [-0.2, -0.15) is 0 Å². The molecule has 0 radical (unpaired) electrons. The van der Waals surface area contributed by atoms with E-state index in [0.29, 0.717) is 11.5 Å². The lowest BCUT2D eigenvalue weighted by Crippen LogP contribution is -2.13. The third-order valence-corrected chi connectivity index (χ3v) is 3.99. The van der Waals surface area contributed by atoms with Crippen LogP contribution in [0.4, 0.5) is 5.69 Å². The molecule has 104 valence electrons. The molecule has 1 atom stereocenters. The van der Waals surface area contributed by atoms with Gasteiger partial charge in [-0.1, -0.05) is 48.0 Å². The van der Waals surface area contributed by atoms with E-state index >= 15 is 0 Å². The van der Waals surface area contributed by atoms with Crippen LogP contribution >= 0.6 is 15.9 Å². The van der Waals surface area contributed by atoms with Gasteiger partial charge in [0.1, 0.15) is 0 Å². The summed E-state index contributed by atoms with van der Waals surface area (Å²) in [6, 6.07) is 15.4. The molecular weight excluding hydrogens is 314 g/mol.